The molecule has 0 aliphatic carbocycles. The van der Waals surface area contributed by atoms with Crippen molar-refractivity contribution in [2.45, 2.75) is 57.3 Å². The Hall–Kier alpha value is -0.770. The maximum Gasteiger partial charge on any atom is 0.126 e. The van der Waals surface area contributed by atoms with E-state index >= 15 is 0 Å². The monoisotopic (exact) mass is 309 g/mol. The zero-order valence-electron chi connectivity index (χ0n) is 12.8. The van der Waals surface area contributed by atoms with E-state index in [0.29, 0.717) is 17.5 Å². The van der Waals surface area contributed by atoms with Crippen LogP contribution >= 0.6 is 11.6 Å². The number of benzene rings is 1. The van der Waals surface area contributed by atoms with Crippen molar-refractivity contribution in [1.29, 1.82) is 0 Å². The standard InChI is InChI=1S/C17H24ClNO2/c1-12(2)19-8-3-6-17(7-9-19)11-15(20)14-10-13(18)4-5-16(14)21-17/h4-5,10,12,15,20H,3,6-9,11H2,1-2H3/t15-,17?/m0/s1. The summed E-state index contributed by atoms with van der Waals surface area (Å²) in [6.45, 7) is 6.64. The van der Waals surface area contributed by atoms with Crippen LogP contribution in [0.4, 0.5) is 0 Å². The molecule has 2 atom stereocenters. The molecule has 2 aliphatic rings. The summed E-state index contributed by atoms with van der Waals surface area (Å²) in [6, 6.07) is 6.13. The fraction of sp³-hybridized carbons (Fsp3) is 0.647. The van der Waals surface area contributed by atoms with Crippen LogP contribution in [-0.4, -0.2) is 34.7 Å². The van der Waals surface area contributed by atoms with Crippen molar-refractivity contribution in [1.82, 2.24) is 4.90 Å². The van der Waals surface area contributed by atoms with Crippen molar-refractivity contribution in [3.63, 3.8) is 0 Å². The van der Waals surface area contributed by atoms with Crippen LogP contribution in [0.5, 0.6) is 5.75 Å². The van der Waals surface area contributed by atoms with Gasteiger partial charge in [-0.3, -0.25) is 0 Å². The minimum absolute atomic E-state index is 0.218. The van der Waals surface area contributed by atoms with E-state index in [2.05, 4.69) is 18.7 Å². The van der Waals surface area contributed by atoms with Gasteiger partial charge in [-0.25, -0.2) is 0 Å². The predicted molar refractivity (Wildman–Crippen MR) is 84.9 cm³/mol. The Labute approximate surface area is 131 Å². The first kappa shape index (κ1) is 15.1. The number of hydrogen-bond acceptors (Lipinski definition) is 3. The Bertz CT molecular complexity index is 520. The number of likely N-dealkylation sites (tertiary alicyclic amines) is 1. The topological polar surface area (TPSA) is 32.7 Å². The Balaban J connectivity index is 1.82. The Morgan fingerprint density at radius 3 is 2.90 bits per heavy atom. The molecule has 21 heavy (non-hydrogen) atoms. The van der Waals surface area contributed by atoms with E-state index in [4.69, 9.17) is 16.3 Å². The highest BCUT2D eigenvalue weighted by Crippen LogP contribution is 2.45. The second kappa shape index (κ2) is 5.79. The van der Waals surface area contributed by atoms with Crippen LogP contribution < -0.4 is 4.74 Å². The molecule has 3 nitrogen and oxygen atoms in total. The number of ether oxygens (including phenoxy) is 1. The molecule has 1 unspecified atom stereocenters. The number of halogens is 1. The summed E-state index contributed by atoms with van der Waals surface area (Å²) in [5.41, 5.74) is 0.613. The number of hydrogen-bond donors (Lipinski definition) is 1. The summed E-state index contributed by atoms with van der Waals surface area (Å²) in [6.07, 6.45) is 3.30. The number of rotatable bonds is 1. The normalized spacial score (nSPS) is 30.0. The van der Waals surface area contributed by atoms with E-state index in [9.17, 15) is 5.11 Å². The number of aliphatic hydroxyl groups is 1. The average molecular weight is 310 g/mol. The summed E-state index contributed by atoms with van der Waals surface area (Å²) in [5.74, 6) is 0.802. The fourth-order valence-corrected chi connectivity index (χ4v) is 3.80. The molecule has 0 bridgehead atoms. The molecule has 1 spiro atoms. The third kappa shape index (κ3) is 3.05. The highest BCUT2D eigenvalue weighted by Gasteiger charge is 2.41. The third-order valence-electron chi connectivity index (χ3n) is 4.89. The number of nitrogens with zero attached hydrogens (tertiary/aromatic N) is 1. The minimum atomic E-state index is -0.474. The molecule has 1 fully saturated rings. The van der Waals surface area contributed by atoms with Gasteiger partial charge in [0.1, 0.15) is 11.4 Å². The largest absolute Gasteiger partial charge is 0.487 e. The van der Waals surface area contributed by atoms with E-state index in [1.165, 1.54) is 0 Å². The van der Waals surface area contributed by atoms with Crippen molar-refractivity contribution in [2.75, 3.05) is 13.1 Å². The van der Waals surface area contributed by atoms with E-state index in [0.717, 1.165) is 43.7 Å². The molecular weight excluding hydrogens is 286 g/mol. The number of aliphatic hydroxyl groups excluding tert-OH is 1. The maximum atomic E-state index is 10.5. The van der Waals surface area contributed by atoms with E-state index in [-0.39, 0.29) is 5.60 Å². The van der Waals surface area contributed by atoms with Crippen LogP contribution in [0, 0.1) is 0 Å². The Morgan fingerprint density at radius 2 is 2.14 bits per heavy atom. The van der Waals surface area contributed by atoms with Gasteiger partial charge in [0, 0.05) is 29.6 Å². The first-order chi connectivity index (χ1) is 9.99. The zero-order valence-corrected chi connectivity index (χ0v) is 13.6. The van der Waals surface area contributed by atoms with Gasteiger partial charge in [0.25, 0.3) is 0 Å². The van der Waals surface area contributed by atoms with Crippen molar-refractivity contribution in [2.24, 2.45) is 0 Å². The highest BCUT2D eigenvalue weighted by atomic mass is 35.5. The molecular formula is C17H24ClNO2. The summed E-state index contributed by atoms with van der Waals surface area (Å²) in [5, 5.41) is 11.2. The van der Waals surface area contributed by atoms with E-state index < -0.39 is 6.10 Å². The molecule has 0 saturated carbocycles. The molecule has 1 saturated heterocycles. The first-order valence-corrected chi connectivity index (χ1v) is 8.27. The minimum Gasteiger partial charge on any atom is -0.487 e. The lowest BCUT2D eigenvalue weighted by Gasteiger charge is -2.40. The van der Waals surface area contributed by atoms with Gasteiger partial charge < -0.3 is 14.7 Å². The molecule has 2 aliphatic heterocycles. The second-order valence-corrected chi connectivity index (χ2v) is 7.11. The lowest BCUT2D eigenvalue weighted by Crippen LogP contribution is -2.42. The molecule has 1 aromatic carbocycles. The van der Waals surface area contributed by atoms with Gasteiger partial charge in [-0.05, 0) is 57.9 Å². The molecule has 0 aromatic heterocycles. The van der Waals surface area contributed by atoms with Crippen LogP contribution in [0.1, 0.15) is 51.2 Å². The molecule has 0 radical (unpaired) electrons. The smallest absolute Gasteiger partial charge is 0.126 e. The maximum absolute atomic E-state index is 10.5. The van der Waals surface area contributed by atoms with Gasteiger partial charge in [-0.1, -0.05) is 11.6 Å². The summed E-state index contributed by atoms with van der Waals surface area (Å²) in [7, 11) is 0. The summed E-state index contributed by atoms with van der Waals surface area (Å²) in [4.78, 5) is 2.50. The van der Waals surface area contributed by atoms with Crippen molar-refractivity contribution in [3.8, 4) is 5.75 Å². The third-order valence-corrected chi connectivity index (χ3v) is 5.12. The van der Waals surface area contributed by atoms with E-state index in [1.807, 2.05) is 18.2 Å². The van der Waals surface area contributed by atoms with Crippen LogP contribution in [0.15, 0.2) is 18.2 Å². The quantitative estimate of drug-likeness (QED) is 0.856. The lowest BCUT2D eigenvalue weighted by molar-refractivity contribution is -0.0242. The number of fused-ring (bicyclic) bond motifs is 1. The Kier molecular flexibility index (Phi) is 4.17. The zero-order chi connectivity index (χ0) is 15.0. The van der Waals surface area contributed by atoms with E-state index in [1.54, 1.807) is 0 Å². The van der Waals surface area contributed by atoms with Gasteiger partial charge in [0.2, 0.25) is 0 Å². The predicted octanol–water partition coefficient (Wildman–Crippen LogP) is 3.79. The van der Waals surface area contributed by atoms with Gasteiger partial charge in [-0.2, -0.15) is 0 Å². The van der Waals surface area contributed by atoms with Crippen LogP contribution in [0.3, 0.4) is 0 Å². The van der Waals surface area contributed by atoms with Gasteiger partial charge in [0.05, 0.1) is 6.10 Å². The van der Waals surface area contributed by atoms with Crippen molar-refractivity contribution < 1.29 is 9.84 Å². The lowest BCUT2D eigenvalue weighted by atomic mass is 9.83. The first-order valence-electron chi connectivity index (χ1n) is 7.90. The average Bonchev–Trinajstić information content (AvgIpc) is 2.63. The second-order valence-electron chi connectivity index (χ2n) is 6.67. The molecule has 1 aromatic rings. The summed E-state index contributed by atoms with van der Waals surface area (Å²) >= 11 is 6.03. The van der Waals surface area contributed by atoms with Gasteiger partial charge in [0.15, 0.2) is 0 Å². The molecule has 2 heterocycles. The van der Waals surface area contributed by atoms with Crippen molar-refractivity contribution in [3.05, 3.63) is 28.8 Å². The molecule has 4 heteroatoms. The molecule has 1 N–H and O–H groups in total. The highest BCUT2D eigenvalue weighted by molar-refractivity contribution is 6.30. The van der Waals surface area contributed by atoms with Crippen molar-refractivity contribution >= 4 is 11.6 Å². The van der Waals surface area contributed by atoms with Gasteiger partial charge >= 0.3 is 0 Å². The van der Waals surface area contributed by atoms with Crippen LogP contribution in [0.25, 0.3) is 0 Å². The molecule has 3 rings (SSSR count). The summed E-state index contributed by atoms with van der Waals surface area (Å²) < 4.78 is 6.35. The fourth-order valence-electron chi connectivity index (χ4n) is 3.62. The SMILES string of the molecule is CC(C)N1CCCC2(CC1)C[C@H](O)c1cc(Cl)ccc1O2. The van der Waals surface area contributed by atoms with Crippen LogP contribution in [-0.2, 0) is 0 Å². The van der Waals surface area contributed by atoms with Gasteiger partial charge in [-0.15, -0.1) is 0 Å². The van der Waals surface area contributed by atoms with Crippen LogP contribution in [0.2, 0.25) is 5.02 Å². The Morgan fingerprint density at radius 1 is 1.33 bits per heavy atom. The molecule has 116 valence electrons. The molecule has 0 amide bonds.